The molecule has 0 spiro atoms. The molecule has 3 rings (SSSR count). The van der Waals surface area contributed by atoms with Crippen LogP contribution in [-0.4, -0.2) is 16.4 Å². The lowest BCUT2D eigenvalue weighted by Crippen LogP contribution is -2.23. The molecule has 106 valence electrons. The predicted octanol–water partition coefficient (Wildman–Crippen LogP) is 3.20. The summed E-state index contributed by atoms with van der Waals surface area (Å²) in [6.45, 7) is 6.47. The summed E-state index contributed by atoms with van der Waals surface area (Å²) in [5.74, 6) is 0.990. The van der Waals surface area contributed by atoms with E-state index in [9.17, 15) is 0 Å². The number of benzene rings is 1. The minimum absolute atomic E-state index is 0.249. The molecule has 1 aliphatic rings. The van der Waals surface area contributed by atoms with Crippen LogP contribution in [0.2, 0.25) is 0 Å². The van der Waals surface area contributed by atoms with Crippen LogP contribution >= 0.6 is 15.9 Å². The van der Waals surface area contributed by atoms with Gasteiger partial charge in [0.25, 0.3) is 0 Å². The summed E-state index contributed by atoms with van der Waals surface area (Å²) in [5.41, 5.74) is 3.46. The van der Waals surface area contributed by atoms with Gasteiger partial charge in [0.05, 0.1) is 21.9 Å². The van der Waals surface area contributed by atoms with E-state index in [1.807, 2.05) is 23.7 Å². The van der Waals surface area contributed by atoms with E-state index in [4.69, 9.17) is 4.74 Å². The SMILES string of the molecule is CCn1nc(C)c(Br)c1CNC1COc2ccccc21. The summed E-state index contributed by atoms with van der Waals surface area (Å²) in [5, 5.41) is 8.08. The van der Waals surface area contributed by atoms with Crippen molar-refractivity contribution in [3.63, 3.8) is 0 Å². The van der Waals surface area contributed by atoms with Crippen molar-refractivity contribution in [2.75, 3.05) is 6.61 Å². The highest BCUT2D eigenvalue weighted by atomic mass is 79.9. The average molecular weight is 336 g/mol. The largest absolute Gasteiger partial charge is 0.491 e. The monoisotopic (exact) mass is 335 g/mol. The van der Waals surface area contributed by atoms with Gasteiger partial charge in [-0.1, -0.05) is 18.2 Å². The highest BCUT2D eigenvalue weighted by Crippen LogP contribution is 2.32. The molecule has 2 aromatic rings. The summed E-state index contributed by atoms with van der Waals surface area (Å²) < 4.78 is 8.83. The summed E-state index contributed by atoms with van der Waals surface area (Å²) >= 11 is 3.63. The molecular weight excluding hydrogens is 318 g/mol. The molecule has 1 aromatic carbocycles. The maximum atomic E-state index is 5.69. The number of ether oxygens (including phenoxy) is 1. The molecule has 0 saturated carbocycles. The maximum absolute atomic E-state index is 5.69. The van der Waals surface area contributed by atoms with Gasteiger partial charge >= 0.3 is 0 Å². The van der Waals surface area contributed by atoms with E-state index in [0.29, 0.717) is 6.61 Å². The van der Waals surface area contributed by atoms with Gasteiger partial charge in [-0.25, -0.2) is 0 Å². The highest BCUT2D eigenvalue weighted by molar-refractivity contribution is 9.10. The number of hydrogen-bond donors (Lipinski definition) is 1. The van der Waals surface area contributed by atoms with Crippen LogP contribution in [0.25, 0.3) is 0 Å². The number of aromatic nitrogens is 2. The second-order valence-corrected chi connectivity index (χ2v) is 5.74. The first-order valence-corrected chi connectivity index (χ1v) is 7.67. The molecule has 1 atom stereocenters. The Morgan fingerprint density at radius 1 is 1.45 bits per heavy atom. The number of aryl methyl sites for hydroxylation is 2. The number of nitrogens with one attached hydrogen (secondary N) is 1. The Hall–Kier alpha value is -1.33. The zero-order chi connectivity index (χ0) is 14.1. The third-order valence-electron chi connectivity index (χ3n) is 3.67. The third-order valence-corrected chi connectivity index (χ3v) is 4.70. The van der Waals surface area contributed by atoms with Crippen LogP contribution in [0, 0.1) is 6.92 Å². The van der Waals surface area contributed by atoms with Gasteiger partial charge in [0, 0.05) is 18.7 Å². The normalized spacial score (nSPS) is 17.1. The van der Waals surface area contributed by atoms with Crippen molar-refractivity contribution in [3.8, 4) is 5.75 Å². The second kappa shape index (κ2) is 5.58. The summed E-state index contributed by atoms with van der Waals surface area (Å²) in [4.78, 5) is 0. The third kappa shape index (κ3) is 2.36. The van der Waals surface area contributed by atoms with E-state index in [0.717, 1.165) is 29.0 Å². The minimum Gasteiger partial charge on any atom is -0.491 e. The van der Waals surface area contributed by atoms with E-state index in [1.165, 1.54) is 11.3 Å². The number of nitrogens with zero attached hydrogens (tertiary/aromatic N) is 2. The fraction of sp³-hybridized carbons (Fsp3) is 0.400. The Kier molecular flexibility index (Phi) is 3.81. The average Bonchev–Trinajstić information content (AvgIpc) is 3.00. The first-order chi connectivity index (χ1) is 9.70. The molecule has 0 bridgehead atoms. The van der Waals surface area contributed by atoms with Gasteiger partial charge in [-0.3, -0.25) is 4.68 Å². The van der Waals surface area contributed by atoms with Gasteiger partial charge in [-0.15, -0.1) is 0 Å². The van der Waals surface area contributed by atoms with E-state index in [1.54, 1.807) is 0 Å². The number of fused-ring (bicyclic) bond motifs is 1. The number of hydrogen-bond acceptors (Lipinski definition) is 3. The molecular formula is C15H18BrN3O. The van der Waals surface area contributed by atoms with Gasteiger partial charge in [-0.2, -0.15) is 5.10 Å². The summed E-state index contributed by atoms with van der Waals surface area (Å²) in [7, 11) is 0. The van der Waals surface area contributed by atoms with E-state index >= 15 is 0 Å². The summed E-state index contributed by atoms with van der Waals surface area (Å²) in [6, 6.07) is 8.45. The van der Waals surface area contributed by atoms with Crippen LogP contribution < -0.4 is 10.1 Å². The van der Waals surface area contributed by atoms with Gasteiger partial charge in [0.15, 0.2) is 0 Å². The molecule has 1 aliphatic heterocycles. The van der Waals surface area contributed by atoms with Crippen LogP contribution in [0.1, 0.15) is 29.9 Å². The van der Waals surface area contributed by atoms with Gasteiger partial charge in [0.1, 0.15) is 12.4 Å². The smallest absolute Gasteiger partial charge is 0.124 e. The number of halogens is 1. The van der Waals surface area contributed by atoms with Crippen molar-refractivity contribution in [1.82, 2.24) is 15.1 Å². The standard InChI is InChI=1S/C15H18BrN3O/c1-3-19-13(15(16)10(2)18-19)8-17-12-9-20-14-7-5-4-6-11(12)14/h4-7,12,17H,3,8-9H2,1-2H3. The molecule has 20 heavy (non-hydrogen) atoms. The first kappa shape index (κ1) is 13.6. The van der Waals surface area contributed by atoms with Crippen molar-refractivity contribution in [3.05, 3.63) is 45.7 Å². The van der Waals surface area contributed by atoms with Crippen molar-refractivity contribution in [2.45, 2.75) is 33.0 Å². The van der Waals surface area contributed by atoms with Crippen molar-refractivity contribution in [1.29, 1.82) is 0 Å². The Morgan fingerprint density at radius 2 is 2.25 bits per heavy atom. The lowest BCUT2D eigenvalue weighted by Gasteiger charge is -2.13. The summed E-state index contributed by atoms with van der Waals surface area (Å²) in [6.07, 6.45) is 0. The number of para-hydroxylation sites is 1. The molecule has 0 aliphatic carbocycles. The lowest BCUT2D eigenvalue weighted by atomic mass is 10.1. The van der Waals surface area contributed by atoms with Gasteiger partial charge in [0.2, 0.25) is 0 Å². The minimum atomic E-state index is 0.249. The van der Waals surface area contributed by atoms with E-state index in [2.05, 4.69) is 45.4 Å². The number of rotatable bonds is 4. The Bertz CT molecular complexity index is 624. The molecule has 1 unspecified atom stereocenters. The predicted molar refractivity (Wildman–Crippen MR) is 81.9 cm³/mol. The second-order valence-electron chi connectivity index (χ2n) is 4.94. The quantitative estimate of drug-likeness (QED) is 0.932. The highest BCUT2D eigenvalue weighted by Gasteiger charge is 2.24. The van der Waals surface area contributed by atoms with Crippen molar-refractivity contribution < 1.29 is 4.74 Å². The van der Waals surface area contributed by atoms with Crippen LogP contribution in [0.3, 0.4) is 0 Å². The van der Waals surface area contributed by atoms with Crippen LogP contribution in [0.15, 0.2) is 28.7 Å². The van der Waals surface area contributed by atoms with Crippen molar-refractivity contribution >= 4 is 15.9 Å². The Balaban J connectivity index is 1.75. The molecule has 5 heteroatoms. The Morgan fingerprint density at radius 3 is 3.05 bits per heavy atom. The molecule has 4 nitrogen and oxygen atoms in total. The van der Waals surface area contributed by atoms with Gasteiger partial charge in [-0.05, 0) is 35.8 Å². The van der Waals surface area contributed by atoms with E-state index < -0.39 is 0 Å². The van der Waals surface area contributed by atoms with E-state index in [-0.39, 0.29) is 6.04 Å². The Labute approximate surface area is 127 Å². The molecule has 0 radical (unpaired) electrons. The lowest BCUT2D eigenvalue weighted by molar-refractivity contribution is 0.309. The molecule has 0 amide bonds. The topological polar surface area (TPSA) is 39.1 Å². The van der Waals surface area contributed by atoms with Crippen LogP contribution in [-0.2, 0) is 13.1 Å². The zero-order valence-corrected chi connectivity index (χ0v) is 13.3. The molecule has 0 fully saturated rings. The molecule has 0 saturated heterocycles. The fourth-order valence-corrected chi connectivity index (χ4v) is 3.01. The first-order valence-electron chi connectivity index (χ1n) is 6.87. The molecule has 2 heterocycles. The van der Waals surface area contributed by atoms with Crippen LogP contribution in [0.5, 0.6) is 5.75 Å². The fourth-order valence-electron chi connectivity index (χ4n) is 2.59. The maximum Gasteiger partial charge on any atom is 0.124 e. The van der Waals surface area contributed by atoms with Crippen LogP contribution in [0.4, 0.5) is 0 Å². The molecule has 1 N–H and O–H groups in total. The van der Waals surface area contributed by atoms with Gasteiger partial charge < -0.3 is 10.1 Å². The molecule has 1 aromatic heterocycles. The van der Waals surface area contributed by atoms with Crippen molar-refractivity contribution in [2.24, 2.45) is 0 Å². The zero-order valence-electron chi connectivity index (χ0n) is 11.7.